The van der Waals surface area contributed by atoms with Crippen molar-refractivity contribution in [3.05, 3.63) is 51.2 Å². The van der Waals surface area contributed by atoms with Gasteiger partial charge in [0.05, 0.1) is 18.2 Å². The van der Waals surface area contributed by atoms with E-state index >= 15 is 0 Å². The molecule has 0 saturated heterocycles. The molecule has 0 aliphatic rings. The first-order valence-corrected chi connectivity index (χ1v) is 7.12. The highest BCUT2D eigenvalue weighted by Gasteiger charge is 2.15. The monoisotopic (exact) mass is 281 g/mol. The van der Waals surface area contributed by atoms with Crippen molar-refractivity contribution < 1.29 is 4.74 Å². The highest BCUT2D eigenvalue weighted by atomic mass is 35.5. The number of rotatable bonds is 5. The van der Waals surface area contributed by atoms with Gasteiger partial charge in [0.2, 0.25) is 0 Å². The first-order valence-electron chi connectivity index (χ1n) is 5.86. The fraction of sp³-hybridized carbons (Fsp3) is 0.286. The summed E-state index contributed by atoms with van der Waals surface area (Å²) < 4.78 is 5.18. The molecule has 0 amide bonds. The van der Waals surface area contributed by atoms with Gasteiger partial charge in [0.15, 0.2) is 0 Å². The predicted molar refractivity (Wildman–Crippen MR) is 77.8 cm³/mol. The SMILES string of the molecule is CCNC(c1ccc(OC)c(Cl)c1)c1cccs1. The molecule has 0 radical (unpaired) electrons. The molecule has 0 aliphatic carbocycles. The molecule has 0 spiro atoms. The smallest absolute Gasteiger partial charge is 0.137 e. The Bertz CT molecular complexity index is 499. The van der Waals surface area contributed by atoms with Crippen LogP contribution in [0.25, 0.3) is 0 Å². The summed E-state index contributed by atoms with van der Waals surface area (Å²) in [6.45, 7) is 3.01. The number of hydrogen-bond acceptors (Lipinski definition) is 3. The summed E-state index contributed by atoms with van der Waals surface area (Å²) in [7, 11) is 1.63. The second-order valence-corrected chi connectivity index (χ2v) is 5.29. The number of thiophene rings is 1. The number of methoxy groups -OCH3 is 1. The van der Waals surface area contributed by atoms with Crippen LogP contribution in [-0.4, -0.2) is 13.7 Å². The normalized spacial score (nSPS) is 12.4. The van der Waals surface area contributed by atoms with Crippen molar-refractivity contribution in [3.63, 3.8) is 0 Å². The van der Waals surface area contributed by atoms with E-state index in [0.717, 1.165) is 12.1 Å². The summed E-state index contributed by atoms with van der Waals surface area (Å²) in [5.74, 6) is 0.710. The van der Waals surface area contributed by atoms with Crippen LogP contribution in [0.4, 0.5) is 0 Å². The van der Waals surface area contributed by atoms with E-state index in [1.54, 1.807) is 18.4 Å². The molecule has 0 saturated carbocycles. The largest absolute Gasteiger partial charge is 0.495 e. The minimum atomic E-state index is 0.193. The van der Waals surface area contributed by atoms with E-state index in [4.69, 9.17) is 16.3 Å². The Morgan fingerprint density at radius 3 is 2.78 bits per heavy atom. The molecule has 1 N–H and O–H groups in total. The van der Waals surface area contributed by atoms with Crippen LogP contribution in [0.1, 0.15) is 23.4 Å². The zero-order valence-corrected chi connectivity index (χ0v) is 12.0. The molecule has 1 heterocycles. The van der Waals surface area contributed by atoms with Gasteiger partial charge in [-0.3, -0.25) is 0 Å². The maximum Gasteiger partial charge on any atom is 0.137 e. The van der Waals surface area contributed by atoms with Crippen LogP contribution in [0.3, 0.4) is 0 Å². The molecule has 96 valence electrons. The fourth-order valence-corrected chi connectivity index (χ4v) is 3.00. The number of benzene rings is 1. The number of ether oxygens (including phenoxy) is 1. The average molecular weight is 282 g/mol. The minimum Gasteiger partial charge on any atom is -0.495 e. The third-order valence-corrected chi connectivity index (χ3v) is 3.98. The quantitative estimate of drug-likeness (QED) is 0.890. The lowest BCUT2D eigenvalue weighted by molar-refractivity contribution is 0.414. The van der Waals surface area contributed by atoms with Gasteiger partial charge >= 0.3 is 0 Å². The van der Waals surface area contributed by atoms with Crippen LogP contribution in [0.2, 0.25) is 5.02 Å². The second kappa shape index (κ2) is 6.23. The lowest BCUT2D eigenvalue weighted by Gasteiger charge is -2.18. The van der Waals surface area contributed by atoms with Crippen molar-refractivity contribution in [2.75, 3.05) is 13.7 Å². The zero-order chi connectivity index (χ0) is 13.0. The summed E-state index contributed by atoms with van der Waals surface area (Å²) >= 11 is 7.93. The van der Waals surface area contributed by atoms with Gasteiger partial charge in [-0.1, -0.05) is 30.7 Å². The van der Waals surface area contributed by atoms with E-state index in [2.05, 4.69) is 35.8 Å². The maximum atomic E-state index is 6.19. The highest BCUT2D eigenvalue weighted by molar-refractivity contribution is 7.10. The number of hydrogen-bond donors (Lipinski definition) is 1. The molecular formula is C14H16ClNOS. The van der Waals surface area contributed by atoms with Crippen molar-refractivity contribution in [3.8, 4) is 5.75 Å². The van der Waals surface area contributed by atoms with Crippen LogP contribution < -0.4 is 10.1 Å². The summed E-state index contributed by atoms with van der Waals surface area (Å²) in [4.78, 5) is 1.29. The molecule has 2 aromatic rings. The molecule has 2 rings (SSSR count). The summed E-state index contributed by atoms with van der Waals surface area (Å²) in [5, 5.41) is 6.21. The highest BCUT2D eigenvalue weighted by Crippen LogP contribution is 2.31. The Morgan fingerprint density at radius 1 is 1.39 bits per heavy atom. The van der Waals surface area contributed by atoms with Gasteiger partial charge < -0.3 is 10.1 Å². The summed E-state index contributed by atoms with van der Waals surface area (Å²) in [6, 6.07) is 10.3. The van der Waals surface area contributed by atoms with E-state index in [1.807, 2.05) is 12.1 Å². The Labute approximate surface area is 117 Å². The Kier molecular flexibility index (Phi) is 4.64. The Hall–Kier alpha value is -1.03. The van der Waals surface area contributed by atoms with E-state index in [0.29, 0.717) is 10.8 Å². The lowest BCUT2D eigenvalue weighted by atomic mass is 10.1. The van der Waals surface area contributed by atoms with Crippen LogP contribution in [0.15, 0.2) is 35.7 Å². The molecule has 4 heteroatoms. The fourth-order valence-electron chi connectivity index (χ4n) is 1.90. The summed E-state index contributed by atoms with van der Waals surface area (Å²) in [6.07, 6.45) is 0. The number of halogens is 1. The van der Waals surface area contributed by atoms with Crippen molar-refractivity contribution in [1.29, 1.82) is 0 Å². The molecule has 0 bridgehead atoms. The van der Waals surface area contributed by atoms with Gasteiger partial charge in [0.1, 0.15) is 5.75 Å². The molecule has 18 heavy (non-hydrogen) atoms. The van der Waals surface area contributed by atoms with Gasteiger partial charge in [0.25, 0.3) is 0 Å². The van der Waals surface area contributed by atoms with Gasteiger partial charge in [0, 0.05) is 4.88 Å². The minimum absolute atomic E-state index is 0.193. The van der Waals surface area contributed by atoms with Crippen LogP contribution >= 0.6 is 22.9 Å². The van der Waals surface area contributed by atoms with E-state index in [-0.39, 0.29) is 6.04 Å². The van der Waals surface area contributed by atoms with E-state index < -0.39 is 0 Å². The Balaban J connectivity index is 2.34. The van der Waals surface area contributed by atoms with Crippen molar-refractivity contribution in [2.24, 2.45) is 0 Å². The maximum absolute atomic E-state index is 6.19. The molecular weight excluding hydrogens is 266 g/mol. The first kappa shape index (κ1) is 13.4. The lowest BCUT2D eigenvalue weighted by Crippen LogP contribution is -2.21. The van der Waals surface area contributed by atoms with Gasteiger partial charge in [-0.25, -0.2) is 0 Å². The van der Waals surface area contributed by atoms with Gasteiger partial charge in [-0.05, 0) is 35.7 Å². The predicted octanol–water partition coefficient (Wildman–Crippen LogP) is 4.11. The summed E-state index contributed by atoms with van der Waals surface area (Å²) in [5.41, 5.74) is 1.16. The van der Waals surface area contributed by atoms with Crippen LogP contribution in [-0.2, 0) is 0 Å². The molecule has 1 atom stereocenters. The van der Waals surface area contributed by atoms with Crippen LogP contribution in [0.5, 0.6) is 5.75 Å². The topological polar surface area (TPSA) is 21.3 Å². The van der Waals surface area contributed by atoms with Crippen molar-refractivity contribution in [1.82, 2.24) is 5.32 Å². The molecule has 1 unspecified atom stereocenters. The molecule has 1 aromatic carbocycles. The zero-order valence-electron chi connectivity index (χ0n) is 10.4. The van der Waals surface area contributed by atoms with Gasteiger partial charge in [-0.2, -0.15) is 0 Å². The number of nitrogens with one attached hydrogen (secondary N) is 1. The third kappa shape index (κ3) is 2.86. The van der Waals surface area contributed by atoms with E-state index in [9.17, 15) is 0 Å². The average Bonchev–Trinajstić information content (AvgIpc) is 2.89. The molecule has 1 aromatic heterocycles. The Morgan fingerprint density at radius 2 is 2.22 bits per heavy atom. The second-order valence-electron chi connectivity index (χ2n) is 3.90. The third-order valence-electron chi connectivity index (χ3n) is 2.75. The van der Waals surface area contributed by atoms with Gasteiger partial charge in [-0.15, -0.1) is 11.3 Å². The van der Waals surface area contributed by atoms with Crippen molar-refractivity contribution >= 4 is 22.9 Å². The first-order chi connectivity index (χ1) is 8.76. The standard InChI is InChI=1S/C14H16ClNOS/c1-3-16-14(13-5-4-8-18-13)10-6-7-12(17-2)11(15)9-10/h4-9,14,16H,3H2,1-2H3. The van der Waals surface area contributed by atoms with Crippen molar-refractivity contribution in [2.45, 2.75) is 13.0 Å². The van der Waals surface area contributed by atoms with E-state index in [1.165, 1.54) is 4.88 Å². The molecule has 2 nitrogen and oxygen atoms in total. The molecule has 0 fully saturated rings. The molecule has 0 aliphatic heterocycles. The van der Waals surface area contributed by atoms with Crippen LogP contribution in [0, 0.1) is 0 Å².